The first-order chi connectivity index (χ1) is 11.2. The minimum Gasteiger partial charge on any atom is -0.486 e. The Hall–Kier alpha value is -2.18. The van der Waals surface area contributed by atoms with Gasteiger partial charge in [-0.2, -0.15) is 0 Å². The van der Waals surface area contributed by atoms with Gasteiger partial charge in [-0.1, -0.05) is 11.6 Å². The Labute approximate surface area is 141 Å². The SMILES string of the molecule is Fc1cc(NCc2cnc(Cl)s2)ccc1OCc1ccncc1. The third-order valence-electron chi connectivity index (χ3n) is 3.07. The molecule has 0 radical (unpaired) electrons. The molecule has 1 aromatic carbocycles. The molecule has 0 bridgehead atoms. The van der Waals surface area contributed by atoms with E-state index >= 15 is 0 Å². The number of nitrogens with zero attached hydrogens (tertiary/aromatic N) is 2. The largest absolute Gasteiger partial charge is 0.486 e. The molecular weight excluding hydrogens is 337 g/mol. The van der Waals surface area contributed by atoms with Crippen molar-refractivity contribution in [2.24, 2.45) is 0 Å². The highest BCUT2D eigenvalue weighted by Crippen LogP contribution is 2.24. The van der Waals surface area contributed by atoms with E-state index in [9.17, 15) is 4.39 Å². The highest BCUT2D eigenvalue weighted by molar-refractivity contribution is 7.15. The Morgan fingerprint density at radius 3 is 2.74 bits per heavy atom. The number of rotatable bonds is 6. The molecule has 0 aliphatic rings. The van der Waals surface area contributed by atoms with E-state index < -0.39 is 5.82 Å². The lowest BCUT2D eigenvalue weighted by atomic mass is 10.2. The molecule has 23 heavy (non-hydrogen) atoms. The molecule has 0 saturated heterocycles. The van der Waals surface area contributed by atoms with E-state index in [4.69, 9.17) is 16.3 Å². The summed E-state index contributed by atoms with van der Waals surface area (Å²) in [6.45, 7) is 0.840. The predicted molar refractivity (Wildman–Crippen MR) is 89.4 cm³/mol. The number of thiazole rings is 1. The molecule has 3 rings (SSSR count). The first-order valence-corrected chi connectivity index (χ1v) is 8.05. The van der Waals surface area contributed by atoms with Crippen molar-refractivity contribution in [1.82, 2.24) is 9.97 Å². The van der Waals surface area contributed by atoms with Crippen molar-refractivity contribution in [3.8, 4) is 5.75 Å². The molecule has 0 unspecified atom stereocenters. The summed E-state index contributed by atoms with van der Waals surface area (Å²) in [6.07, 6.45) is 5.05. The Bertz CT molecular complexity index is 782. The maximum absolute atomic E-state index is 14.1. The normalized spacial score (nSPS) is 10.5. The van der Waals surface area contributed by atoms with E-state index in [0.29, 0.717) is 23.3 Å². The molecule has 0 spiro atoms. The third kappa shape index (κ3) is 4.40. The van der Waals surface area contributed by atoms with Crippen LogP contribution in [0.4, 0.5) is 10.1 Å². The predicted octanol–water partition coefficient (Wildman–Crippen LogP) is 4.52. The zero-order valence-corrected chi connectivity index (χ0v) is 13.6. The standard InChI is InChI=1S/C16H13ClFN3OS/c17-16-21-9-13(23-16)8-20-12-1-2-15(14(18)7-12)22-10-11-3-5-19-6-4-11/h1-7,9,20H,8,10H2. The average molecular weight is 350 g/mol. The van der Waals surface area contributed by atoms with Gasteiger partial charge in [0.1, 0.15) is 6.61 Å². The Morgan fingerprint density at radius 1 is 1.22 bits per heavy atom. The minimum absolute atomic E-state index is 0.216. The number of aromatic nitrogens is 2. The molecule has 1 N–H and O–H groups in total. The van der Waals surface area contributed by atoms with Gasteiger partial charge in [0.15, 0.2) is 16.0 Å². The lowest BCUT2D eigenvalue weighted by Crippen LogP contribution is -2.00. The van der Waals surface area contributed by atoms with Gasteiger partial charge in [-0.05, 0) is 29.8 Å². The van der Waals surface area contributed by atoms with Crippen molar-refractivity contribution >= 4 is 28.6 Å². The average Bonchev–Trinajstić information content (AvgIpc) is 2.98. The van der Waals surface area contributed by atoms with Gasteiger partial charge >= 0.3 is 0 Å². The fourth-order valence-electron chi connectivity index (χ4n) is 1.92. The second-order valence-corrected chi connectivity index (χ2v) is 6.42. The van der Waals surface area contributed by atoms with E-state index in [2.05, 4.69) is 15.3 Å². The summed E-state index contributed by atoms with van der Waals surface area (Å²) in [6, 6.07) is 8.44. The van der Waals surface area contributed by atoms with E-state index in [1.165, 1.54) is 17.4 Å². The molecule has 0 saturated carbocycles. The molecule has 0 fully saturated rings. The maximum atomic E-state index is 14.1. The summed E-state index contributed by atoms with van der Waals surface area (Å²) in [7, 11) is 0. The number of benzene rings is 1. The molecule has 0 aliphatic carbocycles. The van der Waals surface area contributed by atoms with Crippen molar-refractivity contribution in [3.05, 3.63) is 69.6 Å². The van der Waals surface area contributed by atoms with Crippen molar-refractivity contribution in [2.75, 3.05) is 5.32 Å². The molecule has 4 nitrogen and oxygen atoms in total. The van der Waals surface area contributed by atoms with Crippen LogP contribution in [0, 0.1) is 5.82 Å². The quantitative estimate of drug-likeness (QED) is 0.710. The molecule has 2 heterocycles. The van der Waals surface area contributed by atoms with Crippen LogP contribution in [0.1, 0.15) is 10.4 Å². The van der Waals surface area contributed by atoms with Crippen LogP contribution in [0.15, 0.2) is 48.9 Å². The van der Waals surface area contributed by atoms with Gasteiger partial charge in [0, 0.05) is 35.2 Å². The van der Waals surface area contributed by atoms with Gasteiger partial charge in [-0.15, -0.1) is 11.3 Å². The first-order valence-electron chi connectivity index (χ1n) is 6.86. The van der Waals surface area contributed by atoms with Crippen LogP contribution < -0.4 is 10.1 Å². The minimum atomic E-state index is -0.411. The zero-order chi connectivity index (χ0) is 16.1. The van der Waals surface area contributed by atoms with Crippen LogP contribution in [-0.4, -0.2) is 9.97 Å². The highest BCUT2D eigenvalue weighted by atomic mass is 35.5. The van der Waals surface area contributed by atoms with Gasteiger partial charge in [0.05, 0.1) is 6.54 Å². The first kappa shape index (κ1) is 15.7. The molecular formula is C16H13ClFN3OS. The van der Waals surface area contributed by atoms with Crippen molar-refractivity contribution < 1.29 is 9.13 Å². The fraction of sp³-hybridized carbons (Fsp3) is 0.125. The zero-order valence-electron chi connectivity index (χ0n) is 12.0. The molecule has 7 heteroatoms. The second-order valence-electron chi connectivity index (χ2n) is 4.72. The molecule has 3 aromatic rings. The van der Waals surface area contributed by atoms with Crippen LogP contribution >= 0.6 is 22.9 Å². The summed E-state index contributed by atoms with van der Waals surface area (Å²) in [5, 5.41) is 3.12. The molecule has 0 aliphatic heterocycles. The molecule has 0 atom stereocenters. The summed E-state index contributed by atoms with van der Waals surface area (Å²) in [5.41, 5.74) is 1.60. The van der Waals surface area contributed by atoms with E-state index in [1.807, 2.05) is 12.1 Å². The Kier molecular flexibility index (Phi) is 5.05. The van der Waals surface area contributed by atoms with Gasteiger partial charge in [0.25, 0.3) is 0 Å². The number of ether oxygens (including phenoxy) is 1. The third-order valence-corrected chi connectivity index (χ3v) is 4.18. The highest BCUT2D eigenvalue weighted by Gasteiger charge is 2.06. The molecule has 0 amide bonds. The topological polar surface area (TPSA) is 47.0 Å². The van der Waals surface area contributed by atoms with Crippen molar-refractivity contribution in [2.45, 2.75) is 13.2 Å². The van der Waals surface area contributed by atoms with E-state index in [1.54, 1.807) is 30.7 Å². The van der Waals surface area contributed by atoms with Gasteiger partial charge < -0.3 is 10.1 Å². The maximum Gasteiger partial charge on any atom is 0.183 e. The number of pyridine rings is 1. The van der Waals surface area contributed by atoms with Gasteiger partial charge in [-0.3, -0.25) is 4.98 Å². The van der Waals surface area contributed by atoms with Crippen LogP contribution in [0.25, 0.3) is 0 Å². The van der Waals surface area contributed by atoms with Crippen LogP contribution in [-0.2, 0) is 13.2 Å². The molecule has 118 valence electrons. The number of nitrogens with one attached hydrogen (secondary N) is 1. The lowest BCUT2D eigenvalue weighted by Gasteiger charge is -2.10. The van der Waals surface area contributed by atoms with Crippen molar-refractivity contribution in [1.29, 1.82) is 0 Å². The summed E-state index contributed by atoms with van der Waals surface area (Å²) in [5.74, 6) is -0.195. The fourth-order valence-corrected chi connectivity index (χ4v) is 2.84. The van der Waals surface area contributed by atoms with Crippen molar-refractivity contribution in [3.63, 3.8) is 0 Å². The molecule has 2 aromatic heterocycles. The van der Waals surface area contributed by atoms with Crippen LogP contribution in [0.5, 0.6) is 5.75 Å². The Morgan fingerprint density at radius 2 is 2.04 bits per heavy atom. The summed E-state index contributed by atoms with van der Waals surface area (Å²) < 4.78 is 20.1. The number of anilines is 1. The van der Waals surface area contributed by atoms with Crippen LogP contribution in [0.3, 0.4) is 0 Å². The monoisotopic (exact) mass is 349 g/mol. The van der Waals surface area contributed by atoms with Gasteiger partial charge in [0.2, 0.25) is 0 Å². The number of hydrogen-bond donors (Lipinski definition) is 1. The summed E-state index contributed by atoms with van der Waals surface area (Å²) >= 11 is 7.16. The Balaban J connectivity index is 1.59. The second kappa shape index (κ2) is 7.39. The summed E-state index contributed by atoms with van der Waals surface area (Å²) in [4.78, 5) is 8.87. The smallest absolute Gasteiger partial charge is 0.183 e. The van der Waals surface area contributed by atoms with Gasteiger partial charge in [-0.25, -0.2) is 9.37 Å². The number of halogens is 2. The van der Waals surface area contributed by atoms with E-state index in [0.717, 1.165) is 10.4 Å². The van der Waals surface area contributed by atoms with Crippen LogP contribution in [0.2, 0.25) is 4.47 Å². The number of hydrogen-bond acceptors (Lipinski definition) is 5. The lowest BCUT2D eigenvalue weighted by molar-refractivity contribution is 0.290. The van der Waals surface area contributed by atoms with E-state index in [-0.39, 0.29) is 5.75 Å².